The molecule has 0 bridgehead atoms. The Morgan fingerprint density at radius 3 is 2.32 bits per heavy atom. The first kappa shape index (κ1) is 15.8. The lowest BCUT2D eigenvalue weighted by Crippen LogP contribution is -2.59. The summed E-state index contributed by atoms with van der Waals surface area (Å²) in [4.78, 5) is 24.7. The van der Waals surface area contributed by atoms with E-state index in [4.69, 9.17) is 4.74 Å². The number of carbonyl (C=O) groups excluding carboxylic acids is 1. The number of likely N-dealkylation sites (tertiary alicyclic amines) is 1. The number of hydrogen-bond donors (Lipinski definition) is 2. The number of ether oxygens (including phenoxy) is 1. The largest absolute Gasteiger partial charge is 0.481 e. The van der Waals surface area contributed by atoms with Crippen molar-refractivity contribution in [2.24, 2.45) is 11.3 Å². The summed E-state index contributed by atoms with van der Waals surface area (Å²) in [7, 11) is 0. The number of hydrogen-bond acceptors (Lipinski definition) is 4. The van der Waals surface area contributed by atoms with Gasteiger partial charge in [-0.15, -0.1) is 0 Å². The van der Waals surface area contributed by atoms with Crippen LogP contribution in [0, 0.1) is 11.3 Å². The Labute approximate surface area is 113 Å². The predicted molar refractivity (Wildman–Crippen MR) is 68.7 cm³/mol. The normalized spacial score (nSPS) is 32.0. The van der Waals surface area contributed by atoms with Crippen LogP contribution in [0.1, 0.15) is 34.6 Å². The van der Waals surface area contributed by atoms with E-state index in [1.54, 1.807) is 27.7 Å². The minimum Gasteiger partial charge on any atom is -0.481 e. The molecular formula is C13H23NO5. The highest BCUT2D eigenvalue weighted by Crippen LogP contribution is 2.34. The van der Waals surface area contributed by atoms with E-state index < -0.39 is 29.2 Å². The number of carboxylic acids is 1. The number of amides is 1. The molecule has 1 amide bonds. The third-order valence-corrected chi connectivity index (χ3v) is 3.36. The van der Waals surface area contributed by atoms with Gasteiger partial charge in [-0.3, -0.25) is 4.79 Å². The molecule has 0 aromatic heterocycles. The Morgan fingerprint density at radius 1 is 1.37 bits per heavy atom. The molecule has 1 aliphatic rings. The van der Waals surface area contributed by atoms with Crippen LogP contribution in [0.2, 0.25) is 0 Å². The lowest BCUT2D eigenvalue weighted by atomic mass is 9.75. The Bertz CT molecular complexity index is 376. The van der Waals surface area contributed by atoms with Crippen molar-refractivity contribution in [1.82, 2.24) is 4.90 Å². The number of nitrogens with zero attached hydrogens (tertiary/aromatic N) is 1. The van der Waals surface area contributed by atoms with Crippen LogP contribution >= 0.6 is 0 Å². The van der Waals surface area contributed by atoms with Gasteiger partial charge in [-0.2, -0.15) is 0 Å². The number of carbonyl (C=O) groups is 2. The zero-order chi connectivity index (χ0) is 15.0. The molecule has 1 aliphatic heterocycles. The first-order valence-corrected chi connectivity index (χ1v) is 6.37. The highest BCUT2D eigenvalue weighted by molar-refractivity contribution is 5.77. The second-order valence-electron chi connectivity index (χ2n) is 6.51. The summed E-state index contributed by atoms with van der Waals surface area (Å²) in [6.45, 7) is 8.67. The van der Waals surface area contributed by atoms with E-state index in [0.717, 1.165) is 0 Å². The second kappa shape index (κ2) is 5.00. The molecule has 1 rings (SSSR count). The molecule has 110 valence electrons. The first-order chi connectivity index (χ1) is 8.47. The van der Waals surface area contributed by atoms with Gasteiger partial charge >= 0.3 is 12.1 Å². The van der Waals surface area contributed by atoms with E-state index in [-0.39, 0.29) is 12.5 Å². The zero-order valence-electron chi connectivity index (χ0n) is 12.1. The van der Waals surface area contributed by atoms with Crippen molar-refractivity contribution in [2.75, 3.05) is 13.1 Å². The molecule has 3 atom stereocenters. The molecular weight excluding hydrogens is 250 g/mol. The van der Waals surface area contributed by atoms with Crippen LogP contribution in [0.3, 0.4) is 0 Å². The van der Waals surface area contributed by atoms with E-state index in [0.29, 0.717) is 6.54 Å². The lowest BCUT2D eigenvalue weighted by molar-refractivity contribution is -0.164. The van der Waals surface area contributed by atoms with E-state index in [1.165, 1.54) is 11.8 Å². The minimum atomic E-state index is -1.37. The smallest absolute Gasteiger partial charge is 0.410 e. The molecule has 0 unspecified atom stereocenters. The summed E-state index contributed by atoms with van der Waals surface area (Å²) in [5, 5.41) is 19.3. The van der Waals surface area contributed by atoms with Crippen LogP contribution < -0.4 is 0 Å². The van der Waals surface area contributed by atoms with Crippen LogP contribution in [0.4, 0.5) is 4.79 Å². The van der Waals surface area contributed by atoms with Gasteiger partial charge in [-0.25, -0.2) is 4.79 Å². The second-order valence-corrected chi connectivity index (χ2v) is 6.51. The zero-order valence-corrected chi connectivity index (χ0v) is 12.1. The Hall–Kier alpha value is -1.30. The molecule has 0 radical (unpaired) electrons. The molecule has 1 heterocycles. The molecule has 6 nitrogen and oxygen atoms in total. The van der Waals surface area contributed by atoms with Crippen molar-refractivity contribution in [3.8, 4) is 0 Å². The SMILES string of the molecule is C[C@@H]1CN(C(=O)OC(C)(C)C)C[C@](C)(C(=O)O)[C@@H]1O. The van der Waals surface area contributed by atoms with Gasteiger partial charge in [0.05, 0.1) is 6.10 Å². The molecule has 0 saturated carbocycles. The van der Waals surface area contributed by atoms with E-state index in [9.17, 15) is 19.8 Å². The summed E-state index contributed by atoms with van der Waals surface area (Å²) >= 11 is 0. The Balaban J connectivity index is 2.89. The summed E-state index contributed by atoms with van der Waals surface area (Å²) in [6, 6.07) is 0. The van der Waals surface area contributed by atoms with Gasteiger partial charge < -0.3 is 19.8 Å². The van der Waals surface area contributed by atoms with Gasteiger partial charge in [0.1, 0.15) is 11.0 Å². The van der Waals surface area contributed by atoms with E-state index >= 15 is 0 Å². The first-order valence-electron chi connectivity index (χ1n) is 6.37. The number of aliphatic hydroxyl groups is 1. The highest BCUT2D eigenvalue weighted by Gasteiger charge is 2.50. The molecule has 0 spiro atoms. The lowest BCUT2D eigenvalue weighted by Gasteiger charge is -2.44. The summed E-state index contributed by atoms with van der Waals surface area (Å²) in [5.74, 6) is -1.43. The Kier molecular flexibility index (Phi) is 4.14. The van der Waals surface area contributed by atoms with Gasteiger partial charge in [0.2, 0.25) is 0 Å². The van der Waals surface area contributed by atoms with Gasteiger partial charge in [-0.1, -0.05) is 6.92 Å². The maximum absolute atomic E-state index is 12.0. The molecule has 6 heteroatoms. The van der Waals surface area contributed by atoms with Gasteiger partial charge in [0.25, 0.3) is 0 Å². The standard InChI is InChI=1S/C13H23NO5/c1-8-6-14(11(18)19-12(2,3)4)7-13(5,9(8)15)10(16)17/h8-9,15H,6-7H2,1-5H3,(H,16,17)/t8-,9-,13+/m1/s1. The van der Waals surface area contributed by atoms with Crippen LogP contribution in [0.15, 0.2) is 0 Å². The quantitative estimate of drug-likeness (QED) is 0.752. The van der Waals surface area contributed by atoms with Crippen molar-refractivity contribution in [1.29, 1.82) is 0 Å². The van der Waals surface area contributed by atoms with E-state index in [1.807, 2.05) is 0 Å². The molecule has 0 aromatic carbocycles. The number of rotatable bonds is 1. The molecule has 2 N–H and O–H groups in total. The fourth-order valence-corrected chi connectivity index (χ4v) is 2.29. The van der Waals surface area contributed by atoms with Gasteiger partial charge in [0.15, 0.2) is 0 Å². The molecule has 19 heavy (non-hydrogen) atoms. The predicted octanol–water partition coefficient (Wildman–Crippen LogP) is 1.32. The van der Waals surface area contributed by atoms with Gasteiger partial charge in [-0.05, 0) is 27.7 Å². The Morgan fingerprint density at radius 2 is 1.89 bits per heavy atom. The summed E-state index contributed by atoms with van der Waals surface area (Å²) < 4.78 is 5.25. The van der Waals surface area contributed by atoms with Crippen LogP contribution in [0.25, 0.3) is 0 Å². The molecule has 0 aliphatic carbocycles. The van der Waals surface area contributed by atoms with Crippen LogP contribution in [-0.4, -0.2) is 52.0 Å². The molecule has 1 fully saturated rings. The third-order valence-electron chi connectivity index (χ3n) is 3.36. The molecule has 1 saturated heterocycles. The van der Waals surface area contributed by atoms with Crippen LogP contribution in [0.5, 0.6) is 0 Å². The number of carboxylic acid groups (broad SMARTS) is 1. The number of aliphatic carboxylic acids is 1. The maximum atomic E-state index is 12.0. The number of piperidine rings is 1. The fraction of sp³-hybridized carbons (Fsp3) is 0.846. The van der Waals surface area contributed by atoms with Crippen molar-refractivity contribution in [3.63, 3.8) is 0 Å². The fourth-order valence-electron chi connectivity index (χ4n) is 2.29. The minimum absolute atomic E-state index is 0.0528. The molecule has 0 aromatic rings. The average molecular weight is 273 g/mol. The van der Waals surface area contributed by atoms with Crippen molar-refractivity contribution in [3.05, 3.63) is 0 Å². The monoisotopic (exact) mass is 273 g/mol. The van der Waals surface area contributed by atoms with Crippen molar-refractivity contribution < 1.29 is 24.5 Å². The maximum Gasteiger partial charge on any atom is 0.410 e. The third kappa shape index (κ3) is 3.37. The summed E-state index contributed by atoms with van der Waals surface area (Å²) in [6.07, 6.45) is -1.53. The van der Waals surface area contributed by atoms with Crippen LogP contribution in [-0.2, 0) is 9.53 Å². The van der Waals surface area contributed by atoms with Gasteiger partial charge in [0, 0.05) is 19.0 Å². The number of aliphatic hydroxyl groups excluding tert-OH is 1. The van der Waals surface area contributed by atoms with Crippen molar-refractivity contribution in [2.45, 2.75) is 46.3 Å². The average Bonchev–Trinajstić information content (AvgIpc) is 2.22. The topological polar surface area (TPSA) is 87.1 Å². The summed E-state index contributed by atoms with van der Waals surface area (Å²) in [5.41, 5.74) is -2.00. The van der Waals surface area contributed by atoms with Crippen molar-refractivity contribution >= 4 is 12.1 Å². The highest BCUT2D eigenvalue weighted by atomic mass is 16.6. The van der Waals surface area contributed by atoms with E-state index in [2.05, 4.69) is 0 Å².